The second kappa shape index (κ2) is 5.69. The molecule has 1 aliphatic heterocycles. The van der Waals surface area contributed by atoms with Crippen molar-refractivity contribution in [2.75, 3.05) is 5.32 Å². The molecule has 0 fully saturated rings. The van der Waals surface area contributed by atoms with E-state index in [4.69, 9.17) is 4.42 Å². The normalized spacial score (nSPS) is 22.0. The lowest BCUT2D eigenvalue weighted by molar-refractivity contribution is -0.117. The molecule has 0 unspecified atom stereocenters. The van der Waals surface area contributed by atoms with Crippen molar-refractivity contribution in [3.63, 3.8) is 0 Å². The summed E-state index contributed by atoms with van der Waals surface area (Å²) in [6.07, 6.45) is 4.35. The van der Waals surface area contributed by atoms with Gasteiger partial charge in [0.1, 0.15) is 18.1 Å². The first kappa shape index (κ1) is 15.1. The molecule has 1 N–H and O–H groups in total. The van der Waals surface area contributed by atoms with Crippen molar-refractivity contribution in [1.29, 1.82) is 0 Å². The van der Waals surface area contributed by atoms with Crippen LogP contribution in [0.4, 0.5) is 5.95 Å². The van der Waals surface area contributed by atoms with Crippen LogP contribution in [0.15, 0.2) is 64.7 Å². The lowest BCUT2D eigenvalue weighted by Gasteiger charge is -2.34. The van der Waals surface area contributed by atoms with Crippen molar-refractivity contribution < 1.29 is 9.21 Å². The first-order valence-corrected chi connectivity index (χ1v) is 8.73. The Morgan fingerprint density at radius 3 is 2.96 bits per heavy atom. The fourth-order valence-corrected chi connectivity index (χ4v) is 4.03. The highest BCUT2D eigenvalue weighted by Gasteiger charge is 2.39. The van der Waals surface area contributed by atoms with Gasteiger partial charge in [-0.1, -0.05) is 29.8 Å². The van der Waals surface area contributed by atoms with Crippen molar-refractivity contribution in [2.24, 2.45) is 0 Å². The molecule has 3 aromatic rings. The van der Waals surface area contributed by atoms with Gasteiger partial charge in [-0.15, -0.1) is 0 Å². The summed E-state index contributed by atoms with van der Waals surface area (Å²) in [5.41, 5.74) is 3.92. The van der Waals surface area contributed by atoms with Gasteiger partial charge in [-0.2, -0.15) is 10.1 Å². The van der Waals surface area contributed by atoms with Crippen molar-refractivity contribution in [2.45, 2.75) is 31.7 Å². The molecule has 6 heteroatoms. The zero-order chi connectivity index (χ0) is 17.7. The molecular formula is C20H18N4O2. The Labute approximate surface area is 150 Å². The van der Waals surface area contributed by atoms with E-state index < -0.39 is 0 Å². The maximum atomic E-state index is 13.1. The molecule has 3 heterocycles. The van der Waals surface area contributed by atoms with Gasteiger partial charge in [0, 0.05) is 23.6 Å². The molecule has 0 spiro atoms. The number of fused-ring (bicyclic) bond motifs is 1. The Morgan fingerprint density at radius 1 is 1.23 bits per heavy atom. The minimum atomic E-state index is -0.242. The number of hydrogen-bond donors (Lipinski definition) is 1. The summed E-state index contributed by atoms with van der Waals surface area (Å²) in [6.45, 7) is 2.05. The van der Waals surface area contributed by atoms with E-state index in [1.165, 1.54) is 6.33 Å². The molecule has 26 heavy (non-hydrogen) atoms. The van der Waals surface area contributed by atoms with Crippen LogP contribution in [0.2, 0.25) is 0 Å². The number of Topliss-reactive ketones (excluding diaryl/α,β-unsaturated/α-hetero) is 1. The zero-order valence-corrected chi connectivity index (χ0v) is 14.3. The summed E-state index contributed by atoms with van der Waals surface area (Å²) in [7, 11) is 0. The Bertz CT molecular complexity index is 1020. The Hall–Kier alpha value is -3.15. The summed E-state index contributed by atoms with van der Waals surface area (Å²) < 4.78 is 7.35. The van der Waals surface area contributed by atoms with Crippen LogP contribution in [0.25, 0.3) is 0 Å². The van der Waals surface area contributed by atoms with Gasteiger partial charge in [-0.05, 0) is 31.0 Å². The number of furan rings is 1. The smallest absolute Gasteiger partial charge is 0.226 e. The maximum Gasteiger partial charge on any atom is 0.226 e. The van der Waals surface area contributed by atoms with E-state index in [-0.39, 0.29) is 17.7 Å². The summed E-state index contributed by atoms with van der Waals surface area (Å²) in [5, 5.41) is 7.70. The molecule has 1 aliphatic carbocycles. The lowest BCUT2D eigenvalue weighted by atomic mass is 9.79. The maximum absolute atomic E-state index is 13.1. The number of allylic oxidation sites excluding steroid dienone is 2. The summed E-state index contributed by atoms with van der Waals surface area (Å²) in [6, 6.07) is 11.8. The number of nitrogens with one attached hydrogen (secondary N) is 1. The van der Waals surface area contributed by atoms with Crippen LogP contribution in [0.3, 0.4) is 0 Å². The number of nitrogens with zero attached hydrogens (tertiary/aromatic N) is 3. The molecular weight excluding hydrogens is 328 g/mol. The first-order chi connectivity index (χ1) is 12.7. The summed E-state index contributed by atoms with van der Waals surface area (Å²) in [5.74, 6) is 1.71. The lowest BCUT2D eigenvalue weighted by Crippen LogP contribution is -2.33. The van der Waals surface area contributed by atoms with E-state index in [9.17, 15) is 4.79 Å². The molecule has 0 saturated heterocycles. The Kier molecular flexibility index (Phi) is 3.31. The quantitative estimate of drug-likeness (QED) is 0.767. The summed E-state index contributed by atoms with van der Waals surface area (Å²) in [4.78, 5) is 17.5. The molecule has 0 amide bonds. The van der Waals surface area contributed by atoms with E-state index in [0.717, 1.165) is 34.6 Å². The van der Waals surface area contributed by atoms with E-state index in [0.29, 0.717) is 12.4 Å². The minimum Gasteiger partial charge on any atom is -0.469 e. The second-order valence-corrected chi connectivity index (χ2v) is 6.91. The van der Waals surface area contributed by atoms with E-state index in [2.05, 4.69) is 34.5 Å². The van der Waals surface area contributed by atoms with Gasteiger partial charge < -0.3 is 9.73 Å². The first-order valence-electron chi connectivity index (χ1n) is 8.73. The number of ketones is 1. The largest absolute Gasteiger partial charge is 0.469 e. The van der Waals surface area contributed by atoms with Gasteiger partial charge in [-0.25, -0.2) is 4.68 Å². The number of carbonyl (C=O) groups is 1. The van der Waals surface area contributed by atoms with E-state index >= 15 is 0 Å². The predicted octanol–water partition coefficient (Wildman–Crippen LogP) is 3.60. The van der Waals surface area contributed by atoms with Crippen LogP contribution in [-0.4, -0.2) is 20.5 Å². The van der Waals surface area contributed by atoms with Crippen molar-refractivity contribution in [3.8, 4) is 0 Å². The molecule has 6 nitrogen and oxygen atoms in total. The van der Waals surface area contributed by atoms with E-state index in [1.807, 2.05) is 24.3 Å². The van der Waals surface area contributed by atoms with Crippen LogP contribution in [0.5, 0.6) is 0 Å². The predicted molar refractivity (Wildman–Crippen MR) is 95.7 cm³/mol. The van der Waals surface area contributed by atoms with Gasteiger partial charge in [-0.3, -0.25) is 4.79 Å². The Balaban J connectivity index is 1.63. The summed E-state index contributed by atoms with van der Waals surface area (Å²) >= 11 is 0. The zero-order valence-electron chi connectivity index (χ0n) is 14.3. The van der Waals surface area contributed by atoms with Crippen LogP contribution < -0.4 is 5.32 Å². The number of carbonyl (C=O) groups excluding carboxylic acids is 1. The topological polar surface area (TPSA) is 73.0 Å². The number of anilines is 1. The molecule has 2 atom stereocenters. The number of rotatable bonds is 2. The standard InChI is InChI=1S/C20H18N4O2/c1-12-4-2-5-13(8-12)19-18-15(23-20-21-11-22-24(19)20)9-14(10-16(18)25)17-6-3-7-26-17/h2-8,11,14,19H,9-10H2,1H3,(H,21,22,23)/t14-,19-/m1/s1. The Morgan fingerprint density at radius 2 is 2.15 bits per heavy atom. The van der Waals surface area contributed by atoms with Gasteiger partial charge in [0.15, 0.2) is 5.78 Å². The molecule has 130 valence electrons. The fraction of sp³-hybridized carbons (Fsp3) is 0.250. The number of benzene rings is 1. The van der Waals surface area contributed by atoms with Crippen molar-refractivity contribution in [3.05, 3.63) is 77.1 Å². The third kappa shape index (κ3) is 2.29. The molecule has 5 rings (SSSR count). The SMILES string of the molecule is Cc1cccc([C@@H]2C3=C(C[C@@H](c4ccco4)CC3=O)Nc3ncnn32)c1. The minimum absolute atomic E-state index is 0.0522. The third-order valence-electron chi connectivity index (χ3n) is 5.17. The van der Waals surface area contributed by atoms with Crippen molar-refractivity contribution in [1.82, 2.24) is 14.8 Å². The molecule has 0 bridgehead atoms. The van der Waals surface area contributed by atoms with Crippen LogP contribution >= 0.6 is 0 Å². The number of hydrogen-bond acceptors (Lipinski definition) is 5. The van der Waals surface area contributed by atoms with Gasteiger partial charge in [0.05, 0.1) is 6.26 Å². The monoisotopic (exact) mass is 346 g/mol. The molecule has 0 saturated carbocycles. The average Bonchev–Trinajstić information content (AvgIpc) is 3.31. The molecule has 1 aromatic carbocycles. The third-order valence-corrected chi connectivity index (χ3v) is 5.17. The molecule has 2 aromatic heterocycles. The highest BCUT2D eigenvalue weighted by molar-refractivity contribution is 6.00. The van der Waals surface area contributed by atoms with Gasteiger partial charge in [0.25, 0.3) is 0 Å². The van der Waals surface area contributed by atoms with E-state index in [1.54, 1.807) is 10.9 Å². The fourth-order valence-electron chi connectivity index (χ4n) is 4.03. The highest BCUT2D eigenvalue weighted by atomic mass is 16.3. The average molecular weight is 346 g/mol. The van der Waals surface area contributed by atoms with Crippen LogP contribution in [-0.2, 0) is 4.79 Å². The van der Waals surface area contributed by atoms with Crippen LogP contribution in [0.1, 0.15) is 41.7 Å². The van der Waals surface area contributed by atoms with Crippen LogP contribution in [0, 0.1) is 6.92 Å². The molecule has 0 radical (unpaired) electrons. The van der Waals surface area contributed by atoms with Crippen molar-refractivity contribution >= 4 is 11.7 Å². The van der Waals surface area contributed by atoms with Gasteiger partial charge >= 0.3 is 0 Å². The highest BCUT2D eigenvalue weighted by Crippen LogP contribution is 2.43. The number of aromatic nitrogens is 3. The number of aryl methyl sites for hydroxylation is 1. The second-order valence-electron chi connectivity index (χ2n) is 6.91. The van der Waals surface area contributed by atoms with Gasteiger partial charge in [0.2, 0.25) is 5.95 Å². The molecule has 2 aliphatic rings.